The molecule has 0 heterocycles. The van der Waals surface area contributed by atoms with Crippen LogP contribution in [-0.4, -0.2) is 51.8 Å². The van der Waals surface area contributed by atoms with Crippen LogP contribution in [0.15, 0.2) is 23.8 Å². The van der Waals surface area contributed by atoms with Gasteiger partial charge in [0.25, 0.3) is 0 Å². The Hall–Kier alpha value is -1.15. The molecule has 0 bridgehead atoms. The Kier molecular flexibility index (Phi) is 11.2. The number of hydrogen-bond donors (Lipinski definition) is 0. The molecule has 6 nitrogen and oxygen atoms in total. The first kappa shape index (κ1) is 37.7. The fourth-order valence-corrected chi connectivity index (χ4v) is 11.4. The molecule has 9 atom stereocenters. The van der Waals surface area contributed by atoms with Gasteiger partial charge in [0, 0.05) is 18.6 Å². The summed E-state index contributed by atoms with van der Waals surface area (Å²) in [6, 6.07) is 0. The molecule has 4 aliphatic carbocycles. The minimum atomic E-state index is -1.80. The molecule has 1 unspecified atom stereocenters. The zero-order chi connectivity index (χ0) is 34.3. The van der Waals surface area contributed by atoms with Gasteiger partial charge in [-0.2, -0.15) is 0 Å². The van der Waals surface area contributed by atoms with Crippen LogP contribution in [0.5, 0.6) is 0 Å². The molecule has 0 aliphatic heterocycles. The average molecular weight is 661 g/mol. The van der Waals surface area contributed by atoms with E-state index in [4.69, 9.17) is 23.4 Å². The van der Waals surface area contributed by atoms with Gasteiger partial charge >= 0.3 is 6.16 Å². The topological polar surface area (TPSA) is 63.2 Å². The van der Waals surface area contributed by atoms with Crippen molar-refractivity contribution in [2.24, 2.45) is 34.5 Å². The van der Waals surface area contributed by atoms with Crippen molar-refractivity contribution < 1.29 is 28.2 Å². The second-order valence-corrected chi connectivity index (χ2v) is 22.7. The molecule has 4 rings (SSSR count). The van der Waals surface area contributed by atoms with Gasteiger partial charge in [-0.05, 0) is 145 Å². The minimum Gasteiger partial charge on any atom is -0.438 e. The maximum atomic E-state index is 12.7. The Bertz CT molecular complexity index is 1140. The largest absolute Gasteiger partial charge is 0.508 e. The lowest BCUT2D eigenvalue weighted by molar-refractivity contribution is -0.187. The lowest BCUT2D eigenvalue weighted by Crippen LogP contribution is -2.54. The highest BCUT2D eigenvalue weighted by atomic mass is 28.4. The second kappa shape index (κ2) is 13.6. The minimum absolute atomic E-state index is 0.0914. The zero-order valence-electron chi connectivity index (χ0n) is 31.7. The van der Waals surface area contributed by atoms with Crippen LogP contribution in [0.4, 0.5) is 4.79 Å². The molecular formula is C39H68O6Si. The van der Waals surface area contributed by atoms with Crippen molar-refractivity contribution in [3.63, 3.8) is 0 Å². The van der Waals surface area contributed by atoms with Crippen molar-refractivity contribution in [1.82, 2.24) is 0 Å². The van der Waals surface area contributed by atoms with Crippen LogP contribution < -0.4 is 0 Å². The number of carbonyl (C=O) groups excluding carboxylic acids is 1. The fraction of sp³-hybridized carbons (Fsp3) is 0.872. The van der Waals surface area contributed by atoms with Crippen LogP contribution in [0.1, 0.15) is 127 Å². The van der Waals surface area contributed by atoms with Gasteiger partial charge in [-0.15, -0.1) is 0 Å². The highest BCUT2D eigenvalue weighted by Gasteiger charge is 2.62. The van der Waals surface area contributed by atoms with Crippen molar-refractivity contribution in [3.8, 4) is 0 Å². The van der Waals surface area contributed by atoms with Crippen molar-refractivity contribution in [1.29, 1.82) is 0 Å². The van der Waals surface area contributed by atoms with E-state index in [0.29, 0.717) is 36.9 Å². The lowest BCUT2D eigenvalue weighted by Gasteiger charge is -2.59. The molecule has 46 heavy (non-hydrogen) atoms. The number of fused-ring (bicyclic) bond motifs is 5. The molecular weight excluding hydrogens is 593 g/mol. The number of rotatable bonds is 11. The van der Waals surface area contributed by atoms with Gasteiger partial charge in [0.05, 0.1) is 12.7 Å². The molecule has 0 spiro atoms. The molecule has 3 fully saturated rings. The fourth-order valence-electron chi connectivity index (χ4n) is 10.0. The van der Waals surface area contributed by atoms with Crippen LogP contribution >= 0.6 is 0 Å². The molecule has 0 N–H and O–H groups in total. The summed E-state index contributed by atoms with van der Waals surface area (Å²) in [5.74, 6) is 2.23. The number of carbonyl (C=O) groups is 1. The van der Waals surface area contributed by atoms with Crippen LogP contribution in [-0.2, 0) is 23.4 Å². The molecule has 0 radical (unpaired) electrons. The molecule has 3 saturated carbocycles. The van der Waals surface area contributed by atoms with E-state index in [2.05, 4.69) is 86.7 Å². The van der Waals surface area contributed by atoms with Gasteiger partial charge in [-0.1, -0.05) is 52.3 Å². The molecule has 4 aliphatic rings. The van der Waals surface area contributed by atoms with E-state index in [-0.39, 0.29) is 28.1 Å². The van der Waals surface area contributed by atoms with Gasteiger partial charge in [0.2, 0.25) is 0 Å². The summed E-state index contributed by atoms with van der Waals surface area (Å²) in [4.78, 5) is 12.7. The van der Waals surface area contributed by atoms with Crippen molar-refractivity contribution in [2.75, 3.05) is 13.7 Å². The van der Waals surface area contributed by atoms with E-state index < -0.39 is 25.7 Å². The van der Waals surface area contributed by atoms with E-state index in [1.807, 2.05) is 13.8 Å². The van der Waals surface area contributed by atoms with Gasteiger partial charge in [0.15, 0.2) is 14.6 Å². The summed E-state index contributed by atoms with van der Waals surface area (Å²) in [6.07, 6.45) is 16.4. The van der Waals surface area contributed by atoms with Crippen LogP contribution in [0, 0.1) is 34.5 Å². The SMILES string of the molecule is CCOC(C)OC(C)(C)C/C=C/[C@@](C)(OC(=O)OC)[C@H]1CC[C@H]2[C@@H]3CC=C4C[C@@H](O[Si](C)(C)C(C)(C)C)CC[C@]4(C)[C@H]3CC[C@@]21C. The number of allylic oxidation sites excluding steroid dienone is 1. The standard InChI is InChI=1S/C39H68O6Si/c1-14-42-27(2)43-36(6,7)22-15-23-39(10,44-34(40)41-11)33-19-18-31-30-17-16-28-26-29(45-46(12,13)35(3,4)5)20-24-37(28,8)32(30)21-25-38(31,33)9/h15-16,23,27,29-33H,14,17-22,24-26H2,1-13H3/b23-15+/t27?,29-,30-,31-,32-,33-,37-,38-,39+/m0/s1. The summed E-state index contributed by atoms with van der Waals surface area (Å²) in [6.45, 7) is 27.7. The Morgan fingerprint density at radius 1 is 1.04 bits per heavy atom. The first-order valence-corrected chi connectivity index (χ1v) is 21.2. The molecule has 264 valence electrons. The summed E-state index contributed by atoms with van der Waals surface area (Å²) in [5.41, 5.74) is 0.865. The number of methoxy groups -OCH3 is 1. The van der Waals surface area contributed by atoms with Crippen molar-refractivity contribution in [2.45, 2.75) is 169 Å². The highest BCUT2D eigenvalue weighted by molar-refractivity contribution is 6.74. The van der Waals surface area contributed by atoms with E-state index in [9.17, 15) is 4.79 Å². The smallest absolute Gasteiger partial charge is 0.438 e. The molecule has 0 aromatic carbocycles. The third-order valence-electron chi connectivity index (χ3n) is 13.4. The van der Waals surface area contributed by atoms with Crippen LogP contribution in [0.3, 0.4) is 0 Å². The van der Waals surface area contributed by atoms with Gasteiger partial charge in [-0.3, -0.25) is 0 Å². The molecule has 7 heteroatoms. The van der Waals surface area contributed by atoms with E-state index >= 15 is 0 Å². The van der Waals surface area contributed by atoms with Crippen LogP contribution in [0.2, 0.25) is 18.1 Å². The Balaban J connectivity index is 1.53. The summed E-state index contributed by atoms with van der Waals surface area (Å²) in [7, 11) is -0.393. The summed E-state index contributed by atoms with van der Waals surface area (Å²) >= 11 is 0. The number of hydrogen-bond acceptors (Lipinski definition) is 6. The van der Waals surface area contributed by atoms with Crippen molar-refractivity contribution >= 4 is 14.5 Å². The van der Waals surface area contributed by atoms with Crippen molar-refractivity contribution in [3.05, 3.63) is 23.8 Å². The molecule has 0 saturated heterocycles. The third kappa shape index (κ3) is 7.53. The monoisotopic (exact) mass is 660 g/mol. The highest BCUT2D eigenvalue weighted by Crippen LogP contribution is 2.68. The maximum absolute atomic E-state index is 12.7. The predicted octanol–water partition coefficient (Wildman–Crippen LogP) is 10.6. The normalized spacial score (nSPS) is 35.4. The van der Waals surface area contributed by atoms with Gasteiger partial charge < -0.3 is 23.4 Å². The molecule has 0 aromatic heterocycles. The Labute approximate surface area is 282 Å². The lowest BCUT2D eigenvalue weighted by atomic mass is 9.46. The first-order valence-electron chi connectivity index (χ1n) is 18.3. The first-order chi connectivity index (χ1) is 21.2. The van der Waals surface area contributed by atoms with E-state index in [1.165, 1.54) is 45.6 Å². The summed E-state index contributed by atoms with van der Waals surface area (Å²) in [5, 5.41) is 0.236. The quantitative estimate of drug-likeness (QED) is 0.0951. The van der Waals surface area contributed by atoms with E-state index in [1.54, 1.807) is 5.57 Å². The molecule has 0 aromatic rings. The Morgan fingerprint density at radius 2 is 1.74 bits per heavy atom. The maximum Gasteiger partial charge on any atom is 0.508 e. The Morgan fingerprint density at radius 3 is 2.37 bits per heavy atom. The predicted molar refractivity (Wildman–Crippen MR) is 189 cm³/mol. The second-order valence-electron chi connectivity index (χ2n) is 17.9. The average Bonchev–Trinajstić information content (AvgIpc) is 3.30. The van der Waals surface area contributed by atoms with Gasteiger partial charge in [-0.25, -0.2) is 4.79 Å². The molecule has 0 amide bonds. The summed E-state index contributed by atoms with van der Waals surface area (Å²) < 4.78 is 30.0. The van der Waals surface area contributed by atoms with Crippen LogP contribution in [0.25, 0.3) is 0 Å². The van der Waals surface area contributed by atoms with Gasteiger partial charge in [0.1, 0.15) is 5.60 Å². The van der Waals surface area contributed by atoms with E-state index in [0.717, 1.165) is 12.8 Å². The third-order valence-corrected chi connectivity index (χ3v) is 18.0. The zero-order valence-corrected chi connectivity index (χ0v) is 32.7. The number of ether oxygens (including phenoxy) is 4.